The lowest BCUT2D eigenvalue weighted by atomic mass is 10.1. The minimum Gasteiger partial charge on any atom is -0.340 e. The molecule has 0 bridgehead atoms. The average Bonchev–Trinajstić information content (AvgIpc) is 2.47. The van der Waals surface area contributed by atoms with Crippen molar-refractivity contribution in [3.05, 3.63) is 30.1 Å². The van der Waals surface area contributed by atoms with Crippen molar-refractivity contribution in [3.63, 3.8) is 0 Å². The van der Waals surface area contributed by atoms with Crippen molar-refractivity contribution >= 4 is 11.7 Å². The Morgan fingerprint density at radius 1 is 1.38 bits per heavy atom. The summed E-state index contributed by atoms with van der Waals surface area (Å²) in [5, 5.41) is 2.57. The van der Waals surface area contributed by atoms with Gasteiger partial charge in [0.05, 0.1) is 12.1 Å². The van der Waals surface area contributed by atoms with Crippen LogP contribution in [-0.2, 0) is 9.59 Å². The van der Waals surface area contributed by atoms with Gasteiger partial charge in [0, 0.05) is 6.20 Å². The summed E-state index contributed by atoms with van der Waals surface area (Å²) in [5.74, 6) is -0.329. The Hall–Kier alpha value is -1.71. The average molecular weight is 176 g/mol. The molecule has 13 heavy (non-hydrogen) atoms. The van der Waals surface area contributed by atoms with Gasteiger partial charge in [-0.3, -0.25) is 14.6 Å². The smallest absolute Gasteiger partial charge is 0.228 e. The van der Waals surface area contributed by atoms with E-state index in [1.54, 1.807) is 24.4 Å². The van der Waals surface area contributed by atoms with Gasteiger partial charge in [-0.1, -0.05) is 6.07 Å². The standard InChI is InChI=1S/C9H8N2O2/c12-7-5-8(13)11-9(7)6-3-1-2-4-10-6/h1-4,9H,5H2,(H,11,13). The zero-order valence-corrected chi connectivity index (χ0v) is 6.86. The van der Waals surface area contributed by atoms with Crippen LogP contribution in [0.25, 0.3) is 0 Å². The van der Waals surface area contributed by atoms with E-state index in [9.17, 15) is 9.59 Å². The molecule has 4 heteroatoms. The topological polar surface area (TPSA) is 59.1 Å². The van der Waals surface area contributed by atoms with E-state index in [4.69, 9.17) is 0 Å². The van der Waals surface area contributed by atoms with Crippen LogP contribution in [0.3, 0.4) is 0 Å². The molecule has 1 amide bonds. The van der Waals surface area contributed by atoms with Gasteiger partial charge in [-0.15, -0.1) is 0 Å². The first-order valence-corrected chi connectivity index (χ1v) is 4.00. The maximum absolute atomic E-state index is 11.3. The Balaban J connectivity index is 2.28. The number of ketones is 1. The van der Waals surface area contributed by atoms with E-state index in [-0.39, 0.29) is 18.1 Å². The highest BCUT2D eigenvalue weighted by Crippen LogP contribution is 2.17. The molecule has 1 N–H and O–H groups in total. The molecule has 1 aromatic rings. The van der Waals surface area contributed by atoms with Crippen LogP contribution >= 0.6 is 0 Å². The number of aromatic nitrogens is 1. The Morgan fingerprint density at radius 3 is 2.77 bits per heavy atom. The molecule has 1 aliphatic heterocycles. The second-order valence-corrected chi connectivity index (χ2v) is 2.90. The number of rotatable bonds is 1. The van der Waals surface area contributed by atoms with Gasteiger partial charge in [0.15, 0.2) is 5.78 Å². The second kappa shape index (κ2) is 2.97. The van der Waals surface area contributed by atoms with Crippen LogP contribution in [0.2, 0.25) is 0 Å². The van der Waals surface area contributed by atoms with Crippen molar-refractivity contribution in [2.75, 3.05) is 0 Å². The lowest BCUT2D eigenvalue weighted by molar-refractivity contribution is -0.122. The monoisotopic (exact) mass is 176 g/mol. The fraction of sp³-hybridized carbons (Fsp3) is 0.222. The van der Waals surface area contributed by atoms with Gasteiger partial charge in [-0.25, -0.2) is 0 Å². The number of amides is 1. The predicted molar refractivity (Wildman–Crippen MR) is 44.7 cm³/mol. The fourth-order valence-electron chi connectivity index (χ4n) is 1.34. The number of hydrogen-bond donors (Lipinski definition) is 1. The summed E-state index contributed by atoms with van der Waals surface area (Å²) >= 11 is 0. The van der Waals surface area contributed by atoms with Crippen molar-refractivity contribution in [1.82, 2.24) is 10.3 Å². The zero-order chi connectivity index (χ0) is 9.26. The van der Waals surface area contributed by atoms with Crippen LogP contribution < -0.4 is 5.32 Å². The Kier molecular flexibility index (Phi) is 1.81. The number of nitrogens with zero attached hydrogens (tertiary/aromatic N) is 1. The molecule has 1 saturated heterocycles. The van der Waals surface area contributed by atoms with Gasteiger partial charge in [-0.05, 0) is 12.1 Å². The molecule has 1 aromatic heterocycles. The molecule has 4 nitrogen and oxygen atoms in total. The molecule has 66 valence electrons. The summed E-state index contributed by atoms with van der Waals surface area (Å²) < 4.78 is 0. The summed E-state index contributed by atoms with van der Waals surface area (Å²) in [6.07, 6.45) is 1.58. The second-order valence-electron chi connectivity index (χ2n) is 2.90. The Labute approximate surface area is 75.0 Å². The molecular formula is C9H8N2O2. The molecule has 2 heterocycles. The van der Waals surface area contributed by atoms with Crippen molar-refractivity contribution in [1.29, 1.82) is 0 Å². The molecule has 1 atom stereocenters. The summed E-state index contributed by atoms with van der Waals surface area (Å²) in [6.45, 7) is 0. The van der Waals surface area contributed by atoms with Crippen molar-refractivity contribution < 1.29 is 9.59 Å². The van der Waals surface area contributed by atoms with Gasteiger partial charge in [0.1, 0.15) is 6.04 Å². The number of carbonyl (C=O) groups is 2. The first-order valence-electron chi connectivity index (χ1n) is 4.00. The SMILES string of the molecule is O=C1CC(=O)C(c2ccccn2)N1. The van der Waals surface area contributed by atoms with E-state index >= 15 is 0 Å². The van der Waals surface area contributed by atoms with Crippen LogP contribution in [0.4, 0.5) is 0 Å². The van der Waals surface area contributed by atoms with Crippen LogP contribution in [0.5, 0.6) is 0 Å². The number of hydrogen-bond acceptors (Lipinski definition) is 3. The minimum atomic E-state index is -0.534. The fourth-order valence-corrected chi connectivity index (χ4v) is 1.34. The normalized spacial score (nSPS) is 21.7. The molecule has 1 unspecified atom stereocenters. The lowest BCUT2D eigenvalue weighted by Crippen LogP contribution is -2.21. The third-order valence-corrected chi connectivity index (χ3v) is 1.95. The highest BCUT2D eigenvalue weighted by Gasteiger charge is 2.31. The van der Waals surface area contributed by atoms with Gasteiger partial charge in [-0.2, -0.15) is 0 Å². The molecule has 2 rings (SSSR count). The summed E-state index contributed by atoms with van der Waals surface area (Å²) in [5.41, 5.74) is 0.610. The van der Waals surface area contributed by atoms with Gasteiger partial charge in [0.25, 0.3) is 0 Å². The van der Waals surface area contributed by atoms with E-state index in [1.165, 1.54) is 0 Å². The van der Waals surface area contributed by atoms with Crippen LogP contribution in [0, 0.1) is 0 Å². The highest BCUT2D eigenvalue weighted by molar-refractivity contribution is 6.07. The van der Waals surface area contributed by atoms with Gasteiger partial charge < -0.3 is 5.32 Å². The number of Topliss-reactive ketones (excluding diaryl/α,β-unsaturated/α-hetero) is 1. The van der Waals surface area contributed by atoms with E-state index in [1.807, 2.05) is 0 Å². The minimum absolute atomic E-state index is 0.0265. The maximum atomic E-state index is 11.3. The molecule has 0 saturated carbocycles. The molecule has 1 aliphatic rings. The highest BCUT2D eigenvalue weighted by atomic mass is 16.2. The number of carbonyl (C=O) groups excluding carboxylic acids is 2. The molecule has 0 aliphatic carbocycles. The lowest BCUT2D eigenvalue weighted by Gasteiger charge is -2.06. The Bertz CT molecular complexity index is 348. The van der Waals surface area contributed by atoms with Crippen molar-refractivity contribution in [2.24, 2.45) is 0 Å². The summed E-state index contributed by atoms with van der Waals surface area (Å²) in [4.78, 5) is 26.1. The summed E-state index contributed by atoms with van der Waals surface area (Å²) in [6, 6.07) is 4.76. The predicted octanol–water partition coefficient (Wildman–Crippen LogP) is 0.212. The number of nitrogens with one attached hydrogen (secondary N) is 1. The van der Waals surface area contributed by atoms with Crippen LogP contribution in [-0.4, -0.2) is 16.7 Å². The van der Waals surface area contributed by atoms with E-state index in [0.29, 0.717) is 5.69 Å². The Morgan fingerprint density at radius 2 is 2.23 bits per heavy atom. The molecular weight excluding hydrogens is 168 g/mol. The van der Waals surface area contributed by atoms with Crippen molar-refractivity contribution in [2.45, 2.75) is 12.5 Å². The largest absolute Gasteiger partial charge is 0.340 e. The van der Waals surface area contributed by atoms with Crippen molar-refractivity contribution in [3.8, 4) is 0 Å². The van der Waals surface area contributed by atoms with E-state index in [2.05, 4.69) is 10.3 Å². The molecule has 1 fully saturated rings. The maximum Gasteiger partial charge on any atom is 0.228 e. The van der Waals surface area contributed by atoms with E-state index < -0.39 is 6.04 Å². The van der Waals surface area contributed by atoms with Crippen LogP contribution in [0.15, 0.2) is 24.4 Å². The number of pyridine rings is 1. The van der Waals surface area contributed by atoms with Crippen LogP contribution in [0.1, 0.15) is 18.2 Å². The first-order chi connectivity index (χ1) is 6.27. The van der Waals surface area contributed by atoms with Gasteiger partial charge in [0.2, 0.25) is 5.91 Å². The van der Waals surface area contributed by atoms with Gasteiger partial charge >= 0.3 is 0 Å². The quantitative estimate of drug-likeness (QED) is 0.622. The summed E-state index contributed by atoms with van der Waals surface area (Å²) in [7, 11) is 0. The zero-order valence-electron chi connectivity index (χ0n) is 6.86. The third kappa shape index (κ3) is 1.42. The molecule has 0 radical (unpaired) electrons. The first kappa shape index (κ1) is 7.91. The van der Waals surface area contributed by atoms with E-state index in [0.717, 1.165) is 0 Å². The third-order valence-electron chi connectivity index (χ3n) is 1.95. The molecule has 0 aromatic carbocycles. The molecule has 0 spiro atoms.